The Morgan fingerprint density at radius 1 is 1.12 bits per heavy atom. The molecule has 0 radical (unpaired) electrons. The summed E-state index contributed by atoms with van der Waals surface area (Å²) in [5, 5.41) is 13.4. The summed E-state index contributed by atoms with van der Waals surface area (Å²) >= 11 is 2.68. The number of benzene rings is 2. The van der Waals surface area contributed by atoms with Crippen LogP contribution >= 0.6 is 23.1 Å². The Hall–Kier alpha value is -3.50. The molecule has 0 aliphatic carbocycles. The average Bonchev–Trinajstić information content (AvgIpc) is 3.40. The van der Waals surface area contributed by atoms with Crippen LogP contribution in [-0.4, -0.2) is 38.2 Å². The maximum absolute atomic E-state index is 13.3. The van der Waals surface area contributed by atoms with Crippen molar-refractivity contribution in [3.63, 3.8) is 0 Å². The van der Waals surface area contributed by atoms with Crippen LogP contribution < -0.4 is 5.32 Å². The number of amidine groups is 1. The van der Waals surface area contributed by atoms with E-state index in [0.717, 1.165) is 4.88 Å². The minimum atomic E-state index is -1.10. The number of aromatic carboxylic acids is 1. The first kappa shape index (κ1) is 22.7. The molecule has 1 aliphatic rings. The molecule has 2 aromatic carbocycles. The smallest absolute Gasteiger partial charge is 0.335 e. The first-order valence-electron chi connectivity index (χ1n) is 9.87. The molecule has 4 rings (SSSR count). The van der Waals surface area contributed by atoms with E-state index in [4.69, 9.17) is 5.11 Å². The third kappa shape index (κ3) is 5.65. The van der Waals surface area contributed by atoms with Gasteiger partial charge >= 0.3 is 5.97 Å². The van der Waals surface area contributed by atoms with Crippen LogP contribution in [0.4, 0.5) is 15.8 Å². The number of rotatable bonds is 7. The highest BCUT2D eigenvalue weighted by atomic mass is 32.2. The average molecular weight is 484 g/mol. The van der Waals surface area contributed by atoms with Gasteiger partial charge in [-0.3, -0.25) is 14.5 Å². The van der Waals surface area contributed by atoms with Crippen LogP contribution in [0.2, 0.25) is 0 Å². The molecular weight excluding hydrogens is 465 g/mol. The van der Waals surface area contributed by atoms with Crippen LogP contribution in [0.15, 0.2) is 71.0 Å². The van der Waals surface area contributed by atoms with E-state index >= 15 is 0 Å². The SMILES string of the molecule is O=C(C[C@@H]1SC(=Nc2ccc(F)cc2)N(Cc2cccs2)C1=O)Nc1cccc(C(=O)O)c1. The number of thioether (sulfide) groups is 1. The van der Waals surface area contributed by atoms with Gasteiger partial charge < -0.3 is 10.4 Å². The molecule has 0 bridgehead atoms. The standard InChI is InChI=1S/C23H18FN3O4S2/c24-15-6-8-16(9-7-15)26-23-27(13-18-5-2-10-32-18)21(29)19(33-23)12-20(28)25-17-4-1-3-14(11-17)22(30)31/h1-11,19H,12-13H2,(H,25,28)(H,30,31)/t19-/m0/s1. The van der Waals surface area contributed by atoms with E-state index in [1.807, 2.05) is 17.5 Å². The van der Waals surface area contributed by atoms with E-state index in [1.165, 1.54) is 70.5 Å². The van der Waals surface area contributed by atoms with Gasteiger partial charge in [0.2, 0.25) is 11.8 Å². The van der Waals surface area contributed by atoms with Gasteiger partial charge in [0, 0.05) is 17.0 Å². The number of nitrogens with zero attached hydrogens (tertiary/aromatic N) is 2. The Kier molecular flexibility index (Phi) is 6.85. The lowest BCUT2D eigenvalue weighted by Crippen LogP contribution is -2.32. The first-order valence-corrected chi connectivity index (χ1v) is 11.6. The molecule has 2 amide bonds. The highest BCUT2D eigenvalue weighted by Crippen LogP contribution is 2.33. The number of anilines is 1. The molecule has 1 aliphatic heterocycles. The highest BCUT2D eigenvalue weighted by Gasteiger charge is 2.39. The van der Waals surface area contributed by atoms with Crippen molar-refractivity contribution in [2.75, 3.05) is 5.32 Å². The van der Waals surface area contributed by atoms with Crippen molar-refractivity contribution in [2.45, 2.75) is 18.2 Å². The van der Waals surface area contributed by atoms with E-state index in [-0.39, 0.29) is 23.7 Å². The van der Waals surface area contributed by atoms with Crippen LogP contribution in [-0.2, 0) is 16.1 Å². The molecule has 2 N–H and O–H groups in total. The Labute approximate surface area is 197 Å². The van der Waals surface area contributed by atoms with E-state index in [1.54, 1.807) is 6.07 Å². The van der Waals surface area contributed by atoms with Crippen LogP contribution in [0.3, 0.4) is 0 Å². The summed E-state index contributed by atoms with van der Waals surface area (Å²) in [4.78, 5) is 43.9. The van der Waals surface area contributed by atoms with Gasteiger partial charge in [-0.15, -0.1) is 11.3 Å². The van der Waals surface area contributed by atoms with Crippen molar-refractivity contribution >= 4 is 57.4 Å². The first-order chi connectivity index (χ1) is 15.9. The number of hydrogen-bond donors (Lipinski definition) is 2. The third-order valence-electron chi connectivity index (χ3n) is 4.73. The Balaban J connectivity index is 1.51. The summed E-state index contributed by atoms with van der Waals surface area (Å²) in [7, 11) is 0. The van der Waals surface area contributed by atoms with Crippen molar-refractivity contribution in [2.24, 2.45) is 4.99 Å². The molecule has 1 aromatic heterocycles. The van der Waals surface area contributed by atoms with Gasteiger partial charge in [0.25, 0.3) is 0 Å². The van der Waals surface area contributed by atoms with E-state index < -0.39 is 17.1 Å². The lowest BCUT2D eigenvalue weighted by atomic mass is 10.2. The van der Waals surface area contributed by atoms with Gasteiger partial charge in [-0.05, 0) is 53.9 Å². The van der Waals surface area contributed by atoms with Crippen LogP contribution in [0.5, 0.6) is 0 Å². The van der Waals surface area contributed by atoms with Gasteiger partial charge in [0.1, 0.15) is 11.1 Å². The molecule has 168 valence electrons. The van der Waals surface area contributed by atoms with Crippen molar-refractivity contribution in [3.8, 4) is 0 Å². The maximum atomic E-state index is 13.3. The minimum absolute atomic E-state index is 0.0509. The molecular formula is C23H18FN3O4S2. The second-order valence-electron chi connectivity index (χ2n) is 7.12. The van der Waals surface area contributed by atoms with Gasteiger partial charge in [-0.25, -0.2) is 14.2 Å². The number of nitrogens with one attached hydrogen (secondary N) is 1. The molecule has 1 fully saturated rings. The minimum Gasteiger partial charge on any atom is -0.478 e. The molecule has 33 heavy (non-hydrogen) atoms. The lowest BCUT2D eigenvalue weighted by Gasteiger charge is -2.15. The van der Waals surface area contributed by atoms with Gasteiger partial charge in [-0.2, -0.15) is 0 Å². The molecule has 0 spiro atoms. The van der Waals surface area contributed by atoms with Crippen molar-refractivity contribution < 1.29 is 23.9 Å². The van der Waals surface area contributed by atoms with Crippen LogP contribution in [0.25, 0.3) is 0 Å². The molecule has 1 atom stereocenters. The number of halogens is 1. The Bertz CT molecular complexity index is 1210. The zero-order valence-electron chi connectivity index (χ0n) is 17.1. The number of aliphatic imine (C=N–C) groups is 1. The lowest BCUT2D eigenvalue weighted by molar-refractivity contribution is -0.128. The van der Waals surface area contributed by atoms with Crippen molar-refractivity contribution in [3.05, 3.63) is 82.3 Å². The number of thiophene rings is 1. The quantitative estimate of drug-likeness (QED) is 0.506. The number of hydrogen-bond acceptors (Lipinski definition) is 6. The molecule has 10 heteroatoms. The van der Waals surface area contributed by atoms with E-state index in [2.05, 4.69) is 10.3 Å². The predicted molar refractivity (Wildman–Crippen MR) is 126 cm³/mol. The molecule has 1 saturated heterocycles. The number of amides is 2. The third-order valence-corrected chi connectivity index (χ3v) is 6.77. The van der Waals surface area contributed by atoms with Crippen LogP contribution in [0, 0.1) is 5.82 Å². The summed E-state index contributed by atoms with van der Waals surface area (Å²) in [6.45, 7) is 0.322. The Morgan fingerprint density at radius 2 is 1.91 bits per heavy atom. The summed E-state index contributed by atoms with van der Waals surface area (Å²) < 4.78 is 13.3. The normalized spacial score (nSPS) is 16.9. The Morgan fingerprint density at radius 3 is 2.61 bits per heavy atom. The fourth-order valence-corrected chi connectivity index (χ4v) is 5.02. The summed E-state index contributed by atoms with van der Waals surface area (Å²) in [6, 6.07) is 15.3. The number of carboxylic acid groups (broad SMARTS) is 1. The second-order valence-corrected chi connectivity index (χ2v) is 9.32. The van der Waals surface area contributed by atoms with Gasteiger partial charge in [0.05, 0.1) is 17.8 Å². The van der Waals surface area contributed by atoms with Gasteiger partial charge in [-0.1, -0.05) is 23.9 Å². The van der Waals surface area contributed by atoms with Crippen molar-refractivity contribution in [1.82, 2.24) is 4.90 Å². The fourth-order valence-electron chi connectivity index (χ4n) is 3.17. The second kappa shape index (κ2) is 9.97. The number of carboxylic acids is 1. The summed E-state index contributed by atoms with van der Waals surface area (Å²) in [6.07, 6.45) is -0.107. The number of carbonyl (C=O) groups is 3. The molecule has 7 nitrogen and oxygen atoms in total. The summed E-state index contributed by atoms with van der Waals surface area (Å²) in [5.41, 5.74) is 0.888. The number of carbonyl (C=O) groups excluding carboxylic acids is 2. The van der Waals surface area contributed by atoms with Crippen LogP contribution in [0.1, 0.15) is 21.7 Å². The maximum Gasteiger partial charge on any atom is 0.335 e. The summed E-state index contributed by atoms with van der Waals surface area (Å²) in [5.74, 6) is -2.14. The highest BCUT2D eigenvalue weighted by molar-refractivity contribution is 8.15. The molecule has 3 aromatic rings. The van der Waals surface area contributed by atoms with E-state index in [0.29, 0.717) is 23.1 Å². The predicted octanol–water partition coefficient (Wildman–Crippen LogP) is 4.75. The zero-order chi connectivity index (χ0) is 23.4. The fraction of sp³-hybridized carbons (Fsp3) is 0.130. The zero-order valence-corrected chi connectivity index (χ0v) is 18.7. The molecule has 0 unspecified atom stereocenters. The monoisotopic (exact) mass is 483 g/mol. The van der Waals surface area contributed by atoms with Gasteiger partial charge in [0.15, 0.2) is 5.17 Å². The topological polar surface area (TPSA) is 99.1 Å². The largest absolute Gasteiger partial charge is 0.478 e. The van der Waals surface area contributed by atoms with Crippen molar-refractivity contribution in [1.29, 1.82) is 0 Å². The molecule has 2 heterocycles. The molecule has 0 saturated carbocycles. The van der Waals surface area contributed by atoms with E-state index in [9.17, 15) is 18.8 Å².